The van der Waals surface area contributed by atoms with Crippen LogP contribution in [0.4, 0.5) is 5.69 Å². The number of methoxy groups -OCH3 is 1. The Hall–Kier alpha value is -2.60. The zero-order valence-corrected chi connectivity index (χ0v) is 19.4. The molecule has 2 N–H and O–H groups in total. The molecule has 1 aromatic heterocycles. The van der Waals surface area contributed by atoms with Gasteiger partial charge in [-0.3, -0.25) is 4.79 Å². The van der Waals surface area contributed by atoms with E-state index >= 15 is 0 Å². The number of nitrogens with one attached hydrogen (secondary N) is 2. The van der Waals surface area contributed by atoms with Crippen LogP contribution in [0.5, 0.6) is 5.75 Å². The molecule has 2 heterocycles. The lowest BCUT2D eigenvalue weighted by Gasteiger charge is -2.26. The van der Waals surface area contributed by atoms with Crippen LogP contribution in [0.15, 0.2) is 46.5 Å². The van der Waals surface area contributed by atoms with Crippen LogP contribution in [0.2, 0.25) is 0 Å². The van der Waals surface area contributed by atoms with Gasteiger partial charge in [-0.2, -0.15) is 4.31 Å². The number of carbonyl (C=O) groups excluding carboxylic acids is 1. The molecule has 32 heavy (non-hydrogen) atoms. The first kappa shape index (κ1) is 22.6. The fourth-order valence-electron chi connectivity index (χ4n) is 3.37. The van der Waals surface area contributed by atoms with Crippen LogP contribution in [0.25, 0.3) is 11.0 Å². The number of rotatable bonds is 7. The van der Waals surface area contributed by atoms with Gasteiger partial charge >= 0.3 is 0 Å². The number of anilines is 1. The minimum atomic E-state index is -3.66. The van der Waals surface area contributed by atoms with E-state index in [1.54, 1.807) is 26.2 Å². The number of ether oxygens (including phenoxy) is 2. The van der Waals surface area contributed by atoms with Gasteiger partial charge in [0, 0.05) is 24.8 Å². The summed E-state index contributed by atoms with van der Waals surface area (Å²) in [5, 5.41) is 3.39. The van der Waals surface area contributed by atoms with Crippen molar-refractivity contribution < 1.29 is 22.7 Å². The Balaban J connectivity index is 1.42. The van der Waals surface area contributed by atoms with Crippen molar-refractivity contribution in [1.82, 2.24) is 14.3 Å². The van der Waals surface area contributed by atoms with Crippen molar-refractivity contribution in [2.45, 2.75) is 17.0 Å². The molecule has 1 aliphatic rings. The highest BCUT2D eigenvalue weighted by molar-refractivity contribution is 7.99. The number of amides is 1. The monoisotopic (exact) mass is 476 g/mol. The first-order chi connectivity index (χ1) is 15.4. The Kier molecular flexibility index (Phi) is 6.70. The third-order valence-electron chi connectivity index (χ3n) is 5.07. The van der Waals surface area contributed by atoms with E-state index in [0.29, 0.717) is 42.7 Å². The van der Waals surface area contributed by atoms with Gasteiger partial charge in [0.25, 0.3) is 0 Å². The van der Waals surface area contributed by atoms with Crippen LogP contribution in [0, 0.1) is 6.92 Å². The Bertz CT molecular complexity index is 1240. The summed E-state index contributed by atoms with van der Waals surface area (Å²) in [6.07, 6.45) is 0. The summed E-state index contributed by atoms with van der Waals surface area (Å²) in [5.74, 6) is 0.584. The van der Waals surface area contributed by atoms with Gasteiger partial charge in [-0.05, 0) is 36.8 Å². The summed E-state index contributed by atoms with van der Waals surface area (Å²) >= 11 is 1.26. The van der Waals surface area contributed by atoms with Crippen molar-refractivity contribution in [3.05, 3.63) is 42.0 Å². The fraction of sp³-hybridized carbons (Fsp3) is 0.333. The van der Waals surface area contributed by atoms with E-state index in [0.717, 1.165) is 16.8 Å². The van der Waals surface area contributed by atoms with E-state index in [2.05, 4.69) is 15.3 Å². The van der Waals surface area contributed by atoms with Crippen molar-refractivity contribution in [3.8, 4) is 5.75 Å². The van der Waals surface area contributed by atoms with Crippen LogP contribution in [0.3, 0.4) is 0 Å². The van der Waals surface area contributed by atoms with E-state index in [1.165, 1.54) is 22.1 Å². The minimum Gasteiger partial charge on any atom is -0.497 e. The van der Waals surface area contributed by atoms with Crippen LogP contribution in [-0.2, 0) is 19.6 Å². The number of nitrogens with zero attached hydrogens (tertiary/aromatic N) is 2. The topological polar surface area (TPSA) is 114 Å². The molecule has 1 fully saturated rings. The maximum atomic E-state index is 13.0. The average Bonchev–Trinajstić information content (AvgIpc) is 3.21. The lowest BCUT2D eigenvalue weighted by molar-refractivity contribution is -0.113. The van der Waals surface area contributed by atoms with Crippen molar-refractivity contribution >= 4 is 44.4 Å². The zero-order chi connectivity index (χ0) is 22.7. The number of aryl methyl sites for hydroxylation is 1. The van der Waals surface area contributed by atoms with Gasteiger partial charge in [-0.1, -0.05) is 17.8 Å². The lowest BCUT2D eigenvalue weighted by atomic mass is 10.2. The summed E-state index contributed by atoms with van der Waals surface area (Å²) in [7, 11) is -2.06. The Morgan fingerprint density at radius 1 is 1.25 bits per heavy atom. The molecule has 1 amide bonds. The standard InChI is InChI=1S/C21H24N4O5S2/c1-14-3-4-15(11-19(14)32(27,28)25-7-9-30-10-8-25)22-20(26)13-31-21-23-17-6-5-16(29-2)12-18(17)24-21/h3-6,11-12H,7-10,13H2,1-2H3,(H,22,26)(H,23,24). The van der Waals surface area contributed by atoms with Gasteiger partial charge in [-0.25, -0.2) is 13.4 Å². The van der Waals surface area contributed by atoms with Gasteiger partial charge in [0.1, 0.15) is 5.75 Å². The first-order valence-corrected chi connectivity index (χ1v) is 12.4. The van der Waals surface area contributed by atoms with Crippen LogP contribution < -0.4 is 10.1 Å². The van der Waals surface area contributed by atoms with E-state index < -0.39 is 10.0 Å². The summed E-state index contributed by atoms with van der Waals surface area (Å²) in [6.45, 7) is 3.13. The number of hydrogen-bond donors (Lipinski definition) is 2. The number of H-pyrrole nitrogens is 1. The quantitative estimate of drug-likeness (QED) is 0.504. The SMILES string of the molecule is COc1ccc2nc(SCC(=O)Nc3ccc(C)c(S(=O)(=O)N4CCOCC4)c3)[nH]c2c1. The molecule has 2 aromatic carbocycles. The smallest absolute Gasteiger partial charge is 0.243 e. The molecule has 1 saturated heterocycles. The summed E-state index contributed by atoms with van der Waals surface area (Å²) in [4.78, 5) is 20.3. The number of carbonyl (C=O) groups is 1. The van der Waals surface area contributed by atoms with Crippen molar-refractivity contribution in [2.75, 3.05) is 44.5 Å². The molecule has 4 rings (SSSR count). The average molecular weight is 477 g/mol. The highest BCUT2D eigenvalue weighted by Crippen LogP contribution is 2.26. The molecule has 0 aliphatic carbocycles. The van der Waals surface area contributed by atoms with Crippen LogP contribution in [0.1, 0.15) is 5.56 Å². The molecule has 170 valence electrons. The number of imidazole rings is 1. The fourth-order valence-corrected chi connectivity index (χ4v) is 5.72. The Labute approximate surface area is 190 Å². The number of thioether (sulfide) groups is 1. The molecule has 0 radical (unpaired) electrons. The second kappa shape index (κ2) is 9.49. The maximum absolute atomic E-state index is 13.0. The molecule has 9 nitrogen and oxygen atoms in total. The van der Waals surface area contributed by atoms with Crippen molar-refractivity contribution in [1.29, 1.82) is 0 Å². The predicted octanol–water partition coefficient (Wildman–Crippen LogP) is 2.63. The summed E-state index contributed by atoms with van der Waals surface area (Å²) < 4.78 is 37.9. The van der Waals surface area contributed by atoms with Gasteiger partial charge < -0.3 is 19.8 Å². The lowest BCUT2D eigenvalue weighted by Crippen LogP contribution is -2.40. The van der Waals surface area contributed by atoms with E-state index in [4.69, 9.17) is 9.47 Å². The Morgan fingerprint density at radius 2 is 2.03 bits per heavy atom. The van der Waals surface area contributed by atoms with Gasteiger partial charge in [0.05, 0.1) is 42.0 Å². The molecular formula is C21H24N4O5S2. The minimum absolute atomic E-state index is 0.121. The third-order valence-corrected chi connectivity index (χ3v) is 7.98. The number of fused-ring (bicyclic) bond motifs is 1. The first-order valence-electron chi connectivity index (χ1n) is 10.0. The molecule has 0 spiro atoms. The predicted molar refractivity (Wildman–Crippen MR) is 123 cm³/mol. The number of morpholine rings is 1. The molecule has 0 bridgehead atoms. The maximum Gasteiger partial charge on any atom is 0.243 e. The van der Waals surface area contributed by atoms with E-state index in [9.17, 15) is 13.2 Å². The molecule has 0 saturated carbocycles. The number of sulfonamides is 1. The van der Waals surface area contributed by atoms with Gasteiger partial charge in [-0.15, -0.1) is 0 Å². The Morgan fingerprint density at radius 3 is 2.78 bits per heavy atom. The van der Waals surface area contributed by atoms with Gasteiger partial charge in [0.15, 0.2) is 5.16 Å². The highest BCUT2D eigenvalue weighted by Gasteiger charge is 2.28. The molecule has 11 heteroatoms. The number of hydrogen-bond acceptors (Lipinski definition) is 7. The molecule has 3 aromatic rings. The van der Waals surface area contributed by atoms with Crippen molar-refractivity contribution in [3.63, 3.8) is 0 Å². The number of benzene rings is 2. The highest BCUT2D eigenvalue weighted by atomic mass is 32.2. The summed E-state index contributed by atoms with van der Waals surface area (Å²) in [5.41, 5.74) is 2.66. The second-order valence-electron chi connectivity index (χ2n) is 7.26. The largest absolute Gasteiger partial charge is 0.497 e. The normalized spacial score (nSPS) is 15.1. The number of aromatic nitrogens is 2. The third kappa shape index (κ3) is 4.90. The van der Waals surface area contributed by atoms with Gasteiger partial charge in [0.2, 0.25) is 15.9 Å². The molecule has 0 atom stereocenters. The molecular weight excluding hydrogens is 452 g/mol. The van der Waals surface area contributed by atoms with Crippen molar-refractivity contribution in [2.24, 2.45) is 0 Å². The zero-order valence-electron chi connectivity index (χ0n) is 17.8. The van der Waals surface area contributed by atoms with E-state index in [-0.39, 0.29) is 16.6 Å². The second-order valence-corrected chi connectivity index (χ2v) is 10.1. The van der Waals surface area contributed by atoms with Crippen LogP contribution >= 0.6 is 11.8 Å². The number of aromatic amines is 1. The summed E-state index contributed by atoms with van der Waals surface area (Å²) in [6, 6.07) is 10.4. The molecule has 0 unspecified atom stereocenters. The molecule has 1 aliphatic heterocycles. The van der Waals surface area contributed by atoms with Crippen LogP contribution in [-0.4, -0.2) is 67.8 Å². The van der Waals surface area contributed by atoms with E-state index in [1.807, 2.05) is 18.2 Å².